The fourth-order valence-corrected chi connectivity index (χ4v) is 7.25. The van der Waals surface area contributed by atoms with E-state index in [2.05, 4.69) is 5.32 Å². The Kier molecular flexibility index (Phi) is 6.41. The first-order valence-electron chi connectivity index (χ1n) is 10.7. The Bertz CT molecular complexity index is 1140. The van der Waals surface area contributed by atoms with Gasteiger partial charge in [-0.15, -0.1) is 11.3 Å². The summed E-state index contributed by atoms with van der Waals surface area (Å²) < 4.78 is 11.4. The number of amides is 3. The lowest BCUT2D eigenvalue weighted by molar-refractivity contribution is -0.119. The molecule has 1 atom stereocenters. The van der Waals surface area contributed by atoms with Crippen LogP contribution >= 0.6 is 22.9 Å². The van der Waals surface area contributed by atoms with Crippen LogP contribution in [0.3, 0.4) is 0 Å². The van der Waals surface area contributed by atoms with E-state index in [9.17, 15) is 18.6 Å². The zero-order valence-corrected chi connectivity index (χ0v) is 20.9. The van der Waals surface area contributed by atoms with Crippen LogP contribution in [0.15, 0.2) is 29.6 Å². The molecule has 1 unspecified atom stereocenters. The van der Waals surface area contributed by atoms with Crippen LogP contribution in [0.2, 0.25) is 5.02 Å². The first-order chi connectivity index (χ1) is 15.5. The first kappa shape index (κ1) is 23.9. The second-order valence-electron chi connectivity index (χ2n) is 9.07. The highest BCUT2D eigenvalue weighted by Crippen LogP contribution is 2.47. The molecule has 0 bridgehead atoms. The van der Waals surface area contributed by atoms with E-state index < -0.39 is 26.2 Å². The van der Waals surface area contributed by atoms with Gasteiger partial charge in [-0.25, -0.2) is 0 Å². The van der Waals surface area contributed by atoms with Crippen molar-refractivity contribution in [3.63, 3.8) is 0 Å². The lowest BCUT2D eigenvalue weighted by atomic mass is 10.0. The molecule has 1 aliphatic heterocycles. The van der Waals surface area contributed by atoms with Gasteiger partial charge in [0, 0.05) is 40.8 Å². The largest absolute Gasteiger partial charge is 0.368 e. The third-order valence-electron chi connectivity index (χ3n) is 6.35. The smallest absolute Gasteiger partial charge is 0.264 e. The number of thiophene rings is 1. The van der Waals surface area contributed by atoms with Gasteiger partial charge < -0.3 is 16.0 Å². The lowest BCUT2D eigenvalue weighted by Gasteiger charge is -2.33. The molecule has 0 radical (unpaired) electrons. The van der Waals surface area contributed by atoms with Crippen LogP contribution in [0.4, 0.5) is 0 Å². The Morgan fingerprint density at radius 2 is 1.94 bits per heavy atom. The van der Waals surface area contributed by atoms with E-state index in [4.69, 9.17) is 17.3 Å². The molecule has 176 valence electrons. The van der Waals surface area contributed by atoms with E-state index in [1.54, 1.807) is 36.3 Å². The number of carbonyl (C=O) groups is 3. The van der Waals surface area contributed by atoms with Crippen molar-refractivity contribution in [3.8, 4) is 0 Å². The molecular formula is C23H26ClN3O4S2. The van der Waals surface area contributed by atoms with Crippen molar-refractivity contribution in [2.24, 2.45) is 5.73 Å². The van der Waals surface area contributed by atoms with Gasteiger partial charge in [0.2, 0.25) is 5.91 Å². The summed E-state index contributed by atoms with van der Waals surface area (Å²) in [6.45, 7) is 4.32. The van der Waals surface area contributed by atoms with Gasteiger partial charge in [-0.05, 0) is 56.4 Å². The van der Waals surface area contributed by atoms with E-state index >= 15 is 0 Å². The molecule has 2 heterocycles. The maximum atomic E-state index is 13.2. The molecule has 33 heavy (non-hydrogen) atoms. The third kappa shape index (κ3) is 4.58. The van der Waals surface area contributed by atoms with Gasteiger partial charge in [-0.3, -0.25) is 18.6 Å². The Morgan fingerprint density at radius 3 is 2.55 bits per heavy atom. The van der Waals surface area contributed by atoms with Crippen molar-refractivity contribution in [2.45, 2.75) is 49.1 Å². The topological polar surface area (TPSA) is 110 Å². The number of benzene rings is 1. The summed E-state index contributed by atoms with van der Waals surface area (Å²) in [4.78, 5) is 40.0. The van der Waals surface area contributed by atoms with Crippen molar-refractivity contribution in [3.05, 3.63) is 56.2 Å². The molecule has 7 nitrogen and oxygen atoms in total. The molecule has 3 amide bonds. The predicted octanol–water partition coefficient (Wildman–Crippen LogP) is 2.88. The van der Waals surface area contributed by atoms with Gasteiger partial charge in [-0.1, -0.05) is 23.7 Å². The first-order valence-corrected chi connectivity index (χ1v) is 13.1. The molecule has 4 rings (SSSR count). The highest BCUT2D eigenvalue weighted by Gasteiger charge is 2.56. The quantitative estimate of drug-likeness (QED) is 0.572. The maximum Gasteiger partial charge on any atom is 0.264 e. The summed E-state index contributed by atoms with van der Waals surface area (Å²) in [6.07, 6.45) is 1.93. The number of nitrogens with zero attached hydrogens (tertiary/aromatic N) is 1. The number of primary amides is 1. The van der Waals surface area contributed by atoms with Crippen LogP contribution in [-0.4, -0.2) is 49.4 Å². The molecule has 1 aliphatic carbocycles. The normalized spacial score (nSPS) is 17.9. The number of hydrogen-bond donors (Lipinski definition) is 2. The number of halogens is 1. The van der Waals surface area contributed by atoms with E-state index in [0.29, 0.717) is 54.4 Å². The predicted molar refractivity (Wildman–Crippen MR) is 130 cm³/mol. The standard InChI is InChI=1S/C23H26ClN3O4S2/c1-22(2,21(25)30)33(31)23(8-9-23)13-27-10-7-16-17(12-32-18(16)20(27)29)19(28)26-11-14-3-5-15(24)6-4-14/h3-6,12H,7-11,13H2,1-2H3,(H2,25,30)(H,26,28). The maximum absolute atomic E-state index is 13.2. The van der Waals surface area contributed by atoms with Crippen molar-refractivity contribution in [2.75, 3.05) is 13.1 Å². The summed E-state index contributed by atoms with van der Waals surface area (Å²) in [5.74, 6) is -0.975. The number of hydrogen-bond acceptors (Lipinski definition) is 5. The zero-order chi connectivity index (χ0) is 24.0. The SMILES string of the molecule is CC(C)(C(N)=O)S(=O)C1(CN2CCc3c(C(=O)NCc4ccc(Cl)cc4)csc3C2=O)CC1. The Hall–Kier alpha value is -2.23. The molecule has 3 N–H and O–H groups in total. The van der Waals surface area contributed by atoms with Crippen molar-refractivity contribution in [1.82, 2.24) is 10.2 Å². The van der Waals surface area contributed by atoms with E-state index in [1.165, 1.54) is 11.3 Å². The molecule has 2 aliphatic rings. The van der Waals surface area contributed by atoms with Gasteiger partial charge in [0.25, 0.3) is 11.8 Å². The highest BCUT2D eigenvalue weighted by molar-refractivity contribution is 7.89. The van der Waals surface area contributed by atoms with Gasteiger partial charge in [0.15, 0.2) is 0 Å². The minimum Gasteiger partial charge on any atom is -0.368 e. The average Bonchev–Trinajstić information content (AvgIpc) is 3.43. The number of rotatable bonds is 8. The van der Waals surface area contributed by atoms with Crippen LogP contribution in [-0.2, 0) is 28.6 Å². The number of nitrogens with one attached hydrogen (secondary N) is 1. The molecular weight excluding hydrogens is 482 g/mol. The van der Waals surface area contributed by atoms with Crippen LogP contribution in [0.5, 0.6) is 0 Å². The molecule has 0 spiro atoms. The second-order valence-corrected chi connectivity index (χ2v) is 12.8. The summed E-state index contributed by atoms with van der Waals surface area (Å²) >= 11 is 7.16. The van der Waals surface area contributed by atoms with Crippen molar-refractivity contribution < 1.29 is 18.6 Å². The average molecular weight is 508 g/mol. The molecule has 10 heteroatoms. The van der Waals surface area contributed by atoms with Crippen molar-refractivity contribution >= 4 is 51.5 Å². The van der Waals surface area contributed by atoms with Crippen LogP contribution in [0.1, 0.15) is 57.8 Å². The van der Waals surface area contributed by atoms with Crippen LogP contribution in [0.25, 0.3) is 0 Å². The number of fused-ring (bicyclic) bond motifs is 1. The Morgan fingerprint density at radius 1 is 1.27 bits per heavy atom. The fraction of sp³-hybridized carbons (Fsp3) is 0.435. The van der Waals surface area contributed by atoms with Crippen LogP contribution in [0, 0.1) is 0 Å². The van der Waals surface area contributed by atoms with Gasteiger partial charge in [-0.2, -0.15) is 0 Å². The number of nitrogens with two attached hydrogens (primary N) is 1. The molecule has 1 saturated carbocycles. The second kappa shape index (κ2) is 8.85. The monoisotopic (exact) mass is 507 g/mol. The molecule has 1 aromatic carbocycles. The lowest BCUT2D eigenvalue weighted by Crippen LogP contribution is -2.51. The van der Waals surface area contributed by atoms with E-state index in [-0.39, 0.29) is 11.8 Å². The molecule has 0 saturated heterocycles. The Balaban J connectivity index is 1.44. The fourth-order valence-electron chi connectivity index (χ4n) is 4.05. The summed E-state index contributed by atoms with van der Waals surface area (Å²) in [5, 5.41) is 5.26. The number of carbonyl (C=O) groups excluding carboxylic acids is 3. The molecule has 1 aromatic heterocycles. The van der Waals surface area contributed by atoms with Crippen LogP contribution < -0.4 is 11.1 Å². The van der Waals surface area contributed by atoms with Gasteiger partial charge in [0.1, 0.15) is 4.75 Å². The minimum atomic E-state index is -1.50. The third-order valence-corrected chi connectivity index (χ3v) is 10.1. The molecule has 2 aromatic rings. The summed E-state index contributed by atoms with van der Waals surface area (Å²) in [5.41, 5.74) is 7.68. The highest BCUT2D eigenvalue weighted by atomic mass is 35.5. The summed E-state index contributed by atoms with van der Waals surface area (Å²) in [6, 6.07) is 7.24. The zero-order valence-electron chi connectivity index (χ0n) is 18.5. The van der Waals surface area contributed by atoms with E-state index in [1.807, 2.05) is 12.1 Å². The van der Waals surface area contributed by atoms with Crippen molar-refractivity contribution in [1.29, 1.82) is 0 Å². The van der Waals surface area contributed by atoms with Gasteiger partial charge in [0.05, 0.1) is 15.2 Å². The summed E-state index contributed by atoms with van der Waals surface area (Å²) in [7, 11) is -1.50. The Labute approximate surface area is 204 Å². The molecule has 1 fully saturated rings. The minimum absolute atomic E-state index is 0.154. The van der Waals surface area contributed by atoms with E-state index in [0.717, 1.165) is 11.1 Å². The van der Waals surface area contributed by atoms with Gasteiger partial charge >= 0.3 is 0 Å².